The van der Waals surface area contributed by atoms with E-state index in [-0.39, 0.29) is 16.2 Å². The first kappa shape index (κ1) is 16.7. The molecule has 1 spiro atoms. The van der Waals surface area contributed by atoms with E-state index < -0.39 is 8.32 Å². The summed E-state index contributed by atoms with van der Waals surface area (Å²) in [5.74, 6) is 0.549. The molecule has 0 N–H and O–H groups in total. The van der Waals surface area contributed by atoms with E-state index in [4.69, 9.17) is 9.16 Å². The topological polar surface area (TPSA) is 18.5 Å². The van der Waals surface area contributed by atoms with E-state index in [1.807, 2.05) is 0 Å². The molecule has 22 heavy (non-hydrogen) atoms. The van der Waals surface area contributed by atoms with Crippen LogP contribution in [0.2, 0.25) is 18.1 Å². The van der Waals surface area contributed by atoms with Crippen LogP contribution in [0.15, 0.2) is 11.6 Å². The van der Waals surface area contributed by atoms with Crippen molar-refractivity contribution in [2.24, 2.45) is 5.92 Å². The van der Waals surface area contributed by atoms with Crippen molar-refractivity contribution >= 4 is 8.32 Å². The summed E-state index contributed by atoms with van der Waals surface area (Å²) in [4.78, 5) is 0. The van der Waals surface area contributed by atoms with Gasteiger partial charge in [-0.2, -0.15) is 0 Å². The van der Waals surface area contributed by atoms with Crippen LogP contribution in [0, 0.1) is 5.92 Å². The lowest BCUT2D eigenvalue weighted by molar-refractivity contribution is -0.104. The molecule has 2 saturated heterocycles. The molecule has 2 aliphatic heterocycles. The van der Waals surface area contributed by atoms with Gasteiger partial charge < -0.3 is 9.16 Å². The molecule has 3 aliphatic rings. The first-order chi connectivity index (χ1) is 10.1. The van der Waals surface area contributed by atoms with Crippen molar-refractivity contribution in [1.29, 1.82) is 0 Å². The maximum atomic E-state index is 6.75. The van der Waals surface area contributed by atoms with E-state index in [0.29, 0.717) is 5.92 Å². The minimum absolute atomic E-state index is 0.0301. The number of hydrogen-bond donors (Lipinski definition) is 0. The van der Waals surface area contributed by atoms with E-state index in [9.17, 15) is 0 Å². The molecule has 0 radical (unpaired) electrons. The Labute approximate surface area is 137 Å². The lowest BCUT2D eigenvalue weighted by atomic mass is 9.78. The summed E-state index contributed by atoms with van der Waals surface area (Å²) >= 11 is 0. The predicted molar refractivity (Wildman–Crippen MR) is 94.6 cm³/mol. The van der Waals surface area contributed by atoms with Crippen LogP contribution in [0.4, 0.5) is 0 Å². The lowest BCUT2D eigenvalue weighted by Crippen LogP contribution is -2.45. The summed E-state index contributed by atoms with van der Waals surface area (Å²) in [5, 5.41) is 0.287. The van der Waals surface area contributed by atoms with Crippen LogP contribution < -0.4 is 0 Å². The molecule has 3 atom stereocenters. The van der Waals surface area contributed by atoms with Gasteiger partial charge in [0.1, 0.15) is 0 Å². The fourth-order valence-electron chi connectivity index (χ4n) is 4.26. The zero-order valence-electron chi connectivity index (χ0n) is 15.4. The van der Waals surface area contributed by atoms with E-state index in [0.717, 1.165) is 6.61 Å². The third-order valence-electron chi connectivity index (χ3n) is 7.06. The van der Waals surface area contributed by atoms with Crippen molar-refractivity contribution in [3.63, 3.8) is 0 Å². The normalized spacial score (nSPS) is 38.6. The first-order valence-electron chi connectivity index (χ1n) is 9.12. The maximum Gasteiger partial charge on any atom is 0.191 e. The van der Waals surface area contributed by atoms with Crippen molar-refractivity contribution in [2.75, 3.05) is 6.61 Å². The van der Waals surface area contributed by atoms with Crippen molar-refractivity contribution in [3.05, 3.63) is 11.6 Å². The second-order valence-corrected chi connectivity index (χ2v) is 14.3. The summed E-state index contributed by atoms with van der Waals surface area (Å²) in [5.41, 5.74) is 1.74. The number of fused-ring (bicyclic) bond motifs is 1. The second-order valence-electron chi connectivity index (χ2n) is 9.48. The molecular formula is C19H34O2Si. The molecule has 3 rings (SSSR count). The van der Waals surface area contributed by atoms with Crippen molar-refractivity contribution in [1.82, 2.24) is 0 Å². The van der Waals surface area contributed by atoms with Gasteiger partial charge in [-0.05, 0) is 69.2 Å². The molecule has 0 aromatic rings. The number of hydrogen-bond acceptors (Lipinski definition) is 2. The molecule has 2 heterocycles. The maximum absolute atomic E-state index is 6.75. The monoisotopic (exact) mass is 322 g/mol. The average molecular weight is 323 g/mol. The first-order valence-corrected chi connectivity index (χ1v) is 12.0. The Hall–Kier alpha value is -0.123. The molecule has 3 heteroatoms. The largest absolute Gasteiger partial charge is 0.416 e. The molecule has 2 bridgehead atoms. The zero-order valence-corrected chi connectivity index (χ0v) is 16.4. The molecule has 2 nitrogen and oxygen atoms in total. The van der Waals surface area contributed by atoms with Crippen LogP contribution >= 0.6 is 0 Å². The quantitative estimate of drug-likeness (QED) is 0.508. The molecule has 0 saturated carbocycles. The van der Waals surface area contributed by atoms with Crippen molar-refractivity contribution in [2.45, 2.75) is 95.6 Å². The van der Waals surface area contributed by atoms with Gasteiger partial charge in [0, 0.05) is 12.5 Å². The van der Waals surface area contributed by atoms with Crippen LogP contribution in [0.1, 0.15) is 66.2 Å². The van der Waals surface area contributed by atoms with Gasteiger partial charge in [0.05, 0.1) is 11.2 Å². The zero-order chi connectivity index (χ0) is 16.2. The Balaban J connectivity index is 1.73. The van der Waals surface area contributed by atoms with Crippen LogP contribution in [-0.2, 0) is 9.16 Å². The molecule has 2 fully saturated rings. The highest BCUT2D eigenvalue weighted by molar-refractivity contribution is 6.74. The molecule has 0 aromatic heterocycles. The Kier molecular flexibility index (Phi) is 3.94. The molecular weight excluding hydrogens is 288 g/mol. The van der Waals surface area contributed by atoms with Gasteiger partial charge in [-0.15, -0.1) is 0 Å². The minimum atomic E-state index is -1.67. The Morgan fingerprint density at radius 3 is 2.68 bits per heavy atom. The predicted octanol–water partition coefficient (Wildman–Crippen LogP) is 5.45. The highest BCUT2D eigenvalue weighted by Crippen LogP contribution is 2.55. The third-order valence-corrected chi connectivity index (χ3v) is 11.6. The average Bonchev–Trinajstić information content (AvgIpc) is 2.90. The van der Waals surface area contributed by atoms with Gasteiger partial charge in [-0.25, -0.2) is 0 Å². The molecule has 126 valence electrons. The minimum Gasteiger partial charge on any atom is -0.416 e. The van der Waals surface area contributed by atoms with E-state index >= 15 is 0 Å². The van der Waals surface area contributed by atoms with Crippen molar-refractivity contribution < 1.29 is 9.16 Å². The third kappa shape index (κ3) is 2.63. The molecule has 0 unspecified atom stereocenters. The summed E-state index contributed by atoms with van der Waals surface area (Å²) in [6, 6.07) is 0. The summed E-state index contributed by atoms with van der Waals surface area (Å²) < 4.78 is 13.3. The van der Waals surface area contributed by atoms with Gasteiger partial charge in [0.15, 0.2) is 8.32 Å². The van der Waals surface area contributed by atoms with E-state index in [1.165, 1.54) is 38.5 Å². The summed E-state index contributed by atoms with van der Waals surface area (Å²) in [6.45, 7) is 14.9. The Bertz CT molecular complexity index is 476. The van der Waals surface area contributed by atoms with Gasteiger partial charge in [0.25, 0.3) is 0 Å². The standard InChI is InChI=1S/C19H34O2Si/c1-17(2,3)22(5,6)20-14-16-10-9-15-8-7-11-19(15)13-12-18(16,4)21-19/h8,16H,7,9-14H2,1-6H3/t16-,18+,19-/m0/s1. The Morgan fingerprint density at radius 2 is 2.00 bits per heavy atom. The fraction of sp³-hybridized carbons (Fsp3) is 0.895. The summed E-state index contributed by atoms with van der Waals surface area (Å²) in [7, 11) is -1.67. The molecule has 0 aromatic carbocycles. The van der Waals surface area contributed by atoms with Crippen LogP contribution in [0.25, 0.3) is 0 Å². The van der Waals surface area contributed by atoms with Crippen LogP contribution in [0.5, 0.6) is 0 Å². The summed E-state index contributed by atoms with van der Waals surface area (Å²) in [6.07, 6.45) is 9.79. The smallest absolute Gasteiger partial charge is 0.191 e. The van der Waals surface area contributed by atoms with E-state index in [2.05, 4.69) is 46.9 Å². The van der Waals surface area contributed by atoms with Gasteiger partial charge in [-0.3, -0.25) is 0 Å². The SMILES string of the molecule is CC(C)(C)[Si](C)(C)OC[C@@H]1CCC2=CCC[C@]23CC[C@@]1(C)O3. The van der Waals surface area contributed by atoms with E-state index in [1.54, 1.807) is 5.57 Å². The number of ether oxygens (including phenoxy) is 1. The fourth-order valence-corrected chi connectivity index (χ4v) is 5.32. The highest BCUT2D eigenvalue weighted by atomic mass is 28.4. The Morgan fingerprint density at radius 1 is 1.27 bits per heavy atom. The van der Waals surface area contributed by atoms with Gasteiger partial charge in [0.2, 0.25) is 0 Å². The highest BCUT2D eigenvalue weighted by Gasteiger charge is 2.55. The molecule has 0 amide bonds. The lowest BCUT2D eigenvalue weighted by Gasteiger charge is -2.40. The van der Waals surface area contributed by atoms with Crippen LogP contribution in [-0.4, -0.2) is 26.1 Å². The molecule has 1 aliphatic carbocycles. The number of allylic oxidation sites excluding steroid dienone is 1. The van der Waals surface area contributed by atoms with Crippen LogP contribution in [0.3, 0.4) is 0 Å². The number of rotatable bonds is 3. The van der Waals surface area contributed by atoms with Crippen molar-refractivity contribution in [3.8, 4) is 0 Å². The van der Waals surface area contributed by atoms with Gasteiger partial charge >= 0.3 is 0 Å². The van der Waals surface area contributed by atoms with Gasteiger partial charge in [-0.1, -0.05) is 26.8 Å². The second kappa shape index (κ2) is 5.19.